The van der Waals surface area contributed by atoms with Crippen LogP contribution in [0, 0.1) is 5.82 Å². The van der Waals surface area contributed by atoms with Crippen molar-refractivity contribution in [2.75, 3.05) is 19.7 Å². The van der Waals surface area contributed by atoms with Crippen LogP contribution in [-0.4, -0.2) is 47.2 Å². The van der Waals surface area contributed by atoms with Crippen LogP contribution < -0.4 is 0 Å². The number of carbonyl (C=O) groups excluding carboxylic acids is 1. The number of amides is 1. The lowest BCUT2D eigenvalue weighted by Crippen LogP contribution is -2.63. The van der Waals surface area contributed by atoms with E-state index >= 15 is 0 Å². The molecule has 0 saturated carbocycles. The number of carboxylic acids is 1. The third-order valence-corrected chi connectivity index (χ3v) is 2.97. The van der Waals surface area contributed by atoms with E-state index in [1.54, 1.807) is 6.92 Å². The summed E-state index contributed by atoms with van der Waals surface area (Å²) >= 11 is 0. The highest BCUT2D eigenvalue weighted by molar-refractivity contribution is 5.94. The lowest BCUT2D eigenvalue weighted by Gasteiger charge is -2.47. The van der Waals surface area contributed by atoms with Crippen molar-refractivity contribution in [2.24, 2.45) is 0 Å². The van der Waals surface area contributed by atoms with Gasteiger partial charge in [-0.1, -0.05) is 0 Å². The van der Waals surface area contributed by atoms with Gasteiger partial charge in [-0.2, -0.15) is 0 Å². The third kappa shape index (κ3) is 3.08. The molecule has 1 saturated heterocycles. The fraction of sp³-hybridized carbons (Fsp3) is 0.385. The molecular weight excluding hydrogens is 253 g/mol. The number of ether oxygens (including phenoxy) is 1. The van der Waals surface area contributed by atoms with Crippen LogP contribution in [0.3, 0.4) is 0 Å². The predicted octanol–water partition coefficient (Wildman–Crippen LogP) is 1.14. The van der Waals surface area contributed by atoms with Gasteiger partial charge in [0.1, 0.15) is 18.0 Å². The molecule has 1 aliphatic heterocycles. The number of hydrogen-bond donors (Lipinski definition) is 1. The van der Waals surface area contributed by atoms with Crippen LogP contribution >= 0.6 is 0 Å². The van der Waals surface area contributed by atoms with E-state index in [0.717, 1.165) is 0 Å². The lowest BCUT2D eigenvalue weighted by atomic mass is 9.95. The largest absolute Gasteiger partial charge is 0.480 e. The number of hydrogen-bond acceptors (Lipinski definition) is 3. The zero-order valence-corrected chi connectivity index (χ0v) is 10.4. The summed E-state index contributed by atoms with van der Waals surface area (Å²) in [5, 5.41) is 8.53. The van der Waals surface area contributed by atoms with E-state index in [9.17, 15) is 14.0 Å². The fourth-order valence-electron chi connectivity index (χ4n) is 2.01. The van der Waals surface area contributed by atoms with Crippen LogP contribution in [0.4, 0.5) is 4.39 Å². The Balaban J connectivity index is 1.91. The zero-order valence-electron chi connectivity index (χ0n) is 10.4. The first kappa shape index (κ1) is 13.5. The Kier molecular flexibility index (Phi) is 3.53. The number of likely N-dealkylation sites (tertiary alicyclic amines) is 1. The molecule has 0 aliphatic carbocycles. The number of aliphatic carboxylic acids is 1. The molecule has 1 heterocycles. The van der Waals surface area contributed by atoms with Crippen molar-refractivity contribution in [1.29, 1.82) is 0 Å². The molecular formula is C13H14FNO4. The van der Waals surface area contributed by atoms with Gasteiger partial charge in [-0.25, -0.2) is 9.18 Å². The van der Waals surface area contributed by atoms with E-state index in [-0.39, 0.29) is 12.5 Å². The molecule has 1 aliphatic rings. The number of halogens is 1. The van der Waals surface area contributed by atoms with Gasteiger partial charge in [0.2, 0.25) is 0 Å². The van der Waals surface area contributed by atoms with E-state index in [2.05, 4.69) is 0 Å². The van der Waals surface area contributed by atoms with E-state index in [4.69, 9.17) is 9.84 Å². The fourth-order valence-corrected chi connectivity index (χ4v) is 2.01. The molecule has 0 bridgehead atoms. The van der Waals surface area contributed by atoms with Gasteiger partial charge in [-0.15, -0.1) is 0 Å². The molecule has 1 fully saturated rings. The summed E-state index contributed by atoms with van der Waals surface area (Å²) in [5.74, 6) is -1.64. The SMILES string of the molecule is CC1(OCC(=O)O)CN(C(=O)c2ccc(F)cc2)C1. The molecule has 0 radical (unpaired) electrons. The van der Waals surface area contributed by atoms with Crippen molar-refractivity contribution >= 4 is 11.9 Å². The maximum Gasteiger partial charge on any atom is 0.329 e. The molecule has 1 amide bonds. The molecule has 6 heteroatoms. The molecule has 19 heavy (non-hydrogen) atoms. The molecule has 0 aromatic heterocycles. The van der Waals surface area contributed by atoms with Gasteiger partial charge in [0.05, 0.1) is 13.1 Å². The second kappa shape index (κ2) is 4.97. The summed E-state index contributed by atoms with van der Waals surface area (Å²) in [4.78, 5) is 23.9. The van der Waals surface area contributed by atoms with Crippen LogP contribution in [0.15, 0.2) is 24.3 Å². The van der Waals surface area contributed by atoms with Crippen LogP contribution in [0.2, 0.25) is 0 Å². The Morgan fingerprint density at radius 1 is 1.37 bits per heavy atom. The maximum atomic E-state index is 12.7. The van der Waals surface area contributed by atoms with Crippen molar-refractivity contribution in [3.63, 3.8) is 0 Å². The van der Waals surface area contributed by atoms with Gasteiger partial charge in [-0.05, 0) is 31.2 Å². The van der Waals surface area contributed by atoms with Crippen molar-refractivity contribution < 1.29 is 23.8 Å². The molecule has 102 valence electrons. The molecule has 1 N–H and O–H groups in total. The van der Waals surface area contributed by atoms with Crippen molar-refractivity contribution in [1.82, 2.24) is 4.90 Å². The number of nitrogens with zero attached hydrogens (tertiary/aromatic N) is 1. The first-order valence-electron chi connectivity index (χ1n) is 5.80. The number of benzene rings is 1. The van der Waals surface area contributed by atoms with Crippen molar-refractivity contribution in [3.05, 3.63) is 35.6 Å². The highest BCUT2D eigenvalue weighted by atomic mass is 19.1. The maximum absolute atomic E-state index is 12.7. The van der Waals surface area contributed by atoms with E-state index in [1.807, 2.05) is 0 Å². The second-order valence-electron chi connectivity index (χ2n) is 4.80. The average Bonchev–Trinajstić information content (AvgIpc) is 2.33. The minimum Gasteiger partial charge on any atom is -0.480 e. The van der Waals surface area contributed by atoms with Crippen LogP contribution in [-0.2, 0) is 9.53 Å². The molecule has 1 aromatic carbocycles. The molecule has 5 nitrogen and oxygen atoms in total. The number of carboxylic acid groups (broad SMARTS) is 1. The summed E-state index contributed by atoms with van der Waals surface area (Å²) < 4.78 is 18.0. The van der Waals surface area contributed by atoms with Crippen molar-refractivity contribution in [3.8, 4) is 0 Å². The van der Waals surface area contributed by atoms with Crippen LogP contribution in [0.25, 0.3) is 0 Å². The Labute approximate surface area is 109 Å². The summed E-state index contributed by atoms with van der Waals surface area (Å²) in [5.41, 5.74) is -0.213. The van der Waals surface area contributed by atoms with E-state index in [0.29, 0.717) is 18.7 Å². The normalized spacial score (nSPS) is 16.8. The van der Waals surface area contributed by atoms with Gasteiger partial charge < -0.3 is 14.7 Å². The van der Waals surface area contributed by atoms with Gasteiger partial charge in [0.15, 0.2) is 0 Å². The minimum absolute atomic E-state index is 0.212. The van der Waals surface area contributed by atoms with E-state index < -0.39 is 17.4 Å². The van der Waals surface area contributed by atoms with Gasteiger partial charge in [0, 0.05) is 5.56 Å². The smallest absolute Gasteiger partial charge is 0.329 e. The predicted molar refractivity (Wildman–Crippen MR) is 64.3 cm³/mol. The van der Waals surface area contributed by atoms with E-state index in [1.165, 1.54) is 29.2 Å². The first-order chi connectivity index (χ1) is 8.89. The van der Waals surface area contributed by atoms with Gasteiger partial charge in [-0.3, -0.25) is 4.79 Å². The van der Waals surface area contributed by atoms with Crippen LogP contribution in [0.5, 0.6) is 0 Å². The summed E-state index contributed by atoms with van der Waals surface area (Å²) in [6.07, 6.45) is 0. The third-order valence-electron chi connectivity index (χ3n) is 2.97. The average molecular weight is 267 g/mol. The highest BCUT2D eigenvalue weighted by Crippen LogP contribution is 2.26. The Morgan fingerprint density at radius 3 is 2.47 bits per heavy atom. The Hall–Kier alpha value is -1.95. The molecule has 0 spiro atoms. The molecule has 1 aromatic rings. The minimum atomic E-state index is -1.04. The van der Waals surface area contributed by atoms with Crippen molar-refractivity contribution in [2.45, 2.75) is 12.5 Å². The quantitative estimate of drug-likeness (QED) is 0.888. The monoisotopic (exact) mass is 267 g/mol. The van der Waals surface area contributed by atoms with Crippen LogP contribution in [0.1, 0.15) is 17.3 Å². The molecule has 0 unspecified atom stereocenters. The van der Waals surface area contributed by atoms with Gasteiger partial charge in [0.25, 0.3) is 5.91 Å². The second-order valence-corrected chi connectivity index (χ2v) is 4.80. The number of carbonyl (C=O) groups is 2. The number of rotatable bonds is 4. The summed E-state index contributed by atoms with van der Waals surface area (Å²) in [7, 11) is 0. The summed E-state index contributed by atoms with van der Waals surface area (Å²) in [6, 6.07) is 5.30. The topological polar surface area (TPSA) is 66.8 Å². The molecule has 0 atom stereocenters. The standard InChI is InChI=1S/C13H14FNO4/c1-13(19-6-11(16)17)7-15(8-13)12(18)9-2-4-10(14)5-3-9/h2-5H,6-8H2,1H3,(H,16,17). The molecule has 2 rings (SSSR count). The first-order valence-corrected chi connectivity index (χ1v) is 5.80. The lowest BCUT2D eigenvalue weighted by molar-refractivity contribution is -0.159. The summed E-state index contributed by atoms with van der Waals surface area (Å²) in [6.45, 7) is 2.03. The zero-order chi connectivity index (χ0) is 14.0. The van der Waals surface area contributed by atoms with Gasteiger partial charge >= 0.3 is 5.97 Å². The Morgan fingerprint density at radius 2 is 1.95 bits per heavy atom. The highest BCUT2D eigenvalue weighted by Gasteiger charge is 2.42. The Bertz CT molecular complexity index is 494.